The van der Waals surface area contributed by atoms with Gasteiger partial charge in [0.1, 0.15) is 0 Å². The molecule has 1 unspecified atom stereocenters. The Morgan fingerprint density at radius 3 is 2.17 bits per heavy atom. The van der Waals surface area contributed by atoms with Crippen LogP contribution in [0.2, 0.25) is 0 Å². The fourth-order valence-corrected chi connectivity index (χ4v) is 2.95. The number of rotatable bonds is 4. The van der Waals surface area contributed by atoms with Gasteiger partial charge in [0.2, 0.25) is 0 Å². The molecule has 3 nitrogen and oxygen atoms in total. The summed E-state index contributed by atoms with van der Waals surface area (Å²) in [5.41, 5.74) is 1.33. The number of ether oxygens (including phenoxy) is 1. The van der Waals surface area contributed by atoms with Crippen LogP contribution < -0.4 is 0 Å². The van der Waals surface area contributed by atoms with E-state index < -0.39 is 5.54 Å². The smallest absolute Gasteiger partial charge is 0.153 e. The molecule has 116 valence electrons. The minimum Gasteiger partial charge on any atom is -0.379 e. The molecule has 2 aromatic carbocycles. The van der Waals surface area contributed by atoms with E-state index in [9.17, 15) is 5.26 Å². The van der Waals surface area contributed by atoms with Crippen molar-refractivity contribution in [3.8, 4) is 6.07 Å². The summed E-state index contributed by atoms with van der Waals surface area (Å²) in [4.78, 5) is 2.20. The molecule has 3 heteroatoms. The van der Waals surface area contributed by atoms with Crippen molar-refractivity contribution < 1.29 is 4.74 Å². The summed E-state index contributed by atoms with van der Waals surface area (Å²) in [6.07, 6.45) is 4.05. The Morgan fingerprint density at radius 1 is 0.957 bits per heavy atom. The molecule has 1 fully saturated rings. The molecule has 1 aliphatic heterocycles. The number of nitriles is 1. The zero-order valence-corrected chi connectivity index (χ0v) is 13.1. The predicted molar refractivity (Wildman–Crippen MR) is 91.6 cm³/mol. The summed E-state index contributed by atoms with van der Waals surface area (Å²) in [6.45, 7) is 2.83. The molecule has 1 atom stereocenters. The number of nitrogens with zero attached hydrogens (tertiary/aromatic N) is 2. The van der Waals surface area contributed by atoms with Gasteiger partial charge in [0, 0.05) is 13.1 Å². The number of hydrogen-bond acceptors (Lipinski definition) is 3. The highest BCUT2D eigenvalue weighted by Crippen LogP contribution is 2.31. The standard InChI is InChI=1S/C20H20N2O/c21-17-20(19-9-5-2-6-10-19,22-13-15-23-16-14-22)12-11-18-7-3-1-4-8-18/h1-12H,13-16H2/b12-11+. The Morgan fingerprint density at radius 2 is 1.57 bits per heavy atom. The molecular formula is C20H20N2O. The fraction of sp³-hybridized carbons (Fsp3) is 0.250. The van der Waals surface area contributed by atoms with E-state index in [0.717, 1.165) is 24.2 Å². The Hall–Kier alpha value is -2.41. The van der Waals surface area contributed by atoms with Crippen LogP contribution in [0.4, 0.5) is 0 Å². The fourth-order valence-electron chi connectivity index (χ4n) is 2.95. The maximum atomic E-state index is 10.1. The first-order chi connectivity index (χ1) is 11.3. The molecule has 0 aliphatic carbocycles. The molecule has 0 N–H and O–H groups in total. The van der Waals surface area contributed by atoms with E-state index in [-0.39, 0.29) is 0 Å². The van der Waals surface area contributed by atoms with Gasteiger partial charge in [-0.05, 0) is 17.2 Å². The minimum absolute atomic E-state index is 0.662. The second-order valence-electron chi connectivity index (χ2n) is 5.59. The van der Waals surface area contributed by atoms with Gasteiger partial charge in [0.15, 0.2) is 5.54 Å². The molecular weight excluding hydrogens is 284 g/mol. The highest BCUT2D eigenvalue weighted by Gasteiger charge is 2.37. The highest BCUT2D eigenvalue weighted by atomic mass is 16.5. The van der Waals surface area contributed by atoms with Crippen molar-refractivity contribution in [2.45, 2.75) is 5.54 Å². The maximum absolute atomic E-state index is 10.1. The average Bonchev–Trinajstić information content (AvgIpc) is 2.65. The van der Waals surface area contributed by atoms with E-state index in [1.54, 1.807) is 0 Å². The molecule has 1 heterocycles. The normalized spacial score (nSPS) is 18.4. The number of hydrogen-bond donors (Lipinski definition) is 0. The van der Waals surface area contributed by atoms with E-state index in [1.165, 1.54) is 0 Å². The van der Waals surface area contributed by atoms with Crippen LogP contribution >= 0.6 is 0 Å². The molecule has 0 amide bonds. The third-order valence-corrected chi connectivity index (χ3v) is 4.21. The average molecular weight is 304 g/mol. The van der Waals surface area contributed by atoms with Gasteiger partial charge in [0.05, 0.1) is 19.3 Å². The van der Waals surface area contributed by atoms with Gasteiger partial charge in [-0.15, -0.1) is 0 Å². The second-order valence-corrected chi connectivity index (χ2v) is 5.59. The molecule has 3 rings (SSSR count). The maximum Gasteiger partial charge on any atom is 0.153 e. The highest BCUT2D eigenvalue weighted by molar-refractivity contribution is 5.54. The summed E-state index contributed by atoms with van der Waals surface area (Å²) in [7, 11) is 0. The monoisotopic (exact) mass is 304 g/mol. The Balaban J connectivity index is 2.02. The van der Waals surface area contributed by atoms with Crippen molar-refractivity contribution in [1.82, 2.24) is 4.90 Å². The summed E-state index contributed by atoms with van der Waals surface area (Å²) in [6, 6.07) is 22.6. The first-order valence-corrected chi connectivity index (χ1v) is 7.89. The van der Waals surface area contributed by atoms with E-state index in [4.69, 9.17) is 4.74 Å². The van der Waals surface area contributed by atoms with E-state index in [2.05, 4.69) is 11.0 Å². The first kappa shape index (κ1) is 15.5. The van der Waals surface area contributed by atoms with Gasteiger partial charge in [0.25, 0.3) is 0 Å². The van der Waals surface area contributed by atoms with Gasteiger partial charge < -0.3 is 4.74 Å². The van der Waals surface area contributed by atoms with Gasteiger partial charge in [-0.3, -0.25) is 4.90 Å². The molecule has 0 radical (unpaired) electrons. The molecule has 0 spiro atoms. The van der Waals surface area contributed by atoms with Crippen molar-refractivity contribution in [2.75, 3.05) is 26.3 Å². The quantitative estimate of drug-likeness (QED) is 0.868. The lowest BCUT2D eigenvalue weighted by molar-refractivity contribution is 0.00875. The van der Waals surface area contributed by atoms with E-state index in [0.29, 0.717) is 13.2 Å². The molecule has 0 saturated carbocycles. The Bertz CT molecular complexity index is 685. The molecule has 23 heavy (non-hydrogen) atoms. The summed E-state index contributed by atoms with van der Waals surface area (Å²) < 4.78 is 5.46. The Kier molecular flexibility index (Phi) is 4.87. The van der Waals surface area contributed by atoms with Gasteiger partial charge >= 0.3 is 0 Å². The summed E-state index contributed by atoms with van der Waals surface area (Å²) in [5.74, 6) is 0. The molecule has 0 aromatic heterocycles. The SMILES string of the molecule is N#CC(/C=C/c1ccccc1)(c1ccccc1)N1CCOCC1. The summed E-state index contributed by atoms with van der Waals surface area (Å²) in [5, 5.41) is 10.1. The predicted octanol–water partition coefficient (Wildman–Crippen LogP) is 3.45. The lowest BCUT2D eigenvalue weighted by atomic mass is 9.88. The second kappa shape index (κ2) is 7.23. The van der Waals surface area contributed by atoms with Crippen molar-refractivity contribution in [2.24, 2.45) is 0 Å². The molecule has 1 saturated heterocycles. The van der Waals surface area contributed by atoms with Crippen molar-refractivity contribution in [1.29, 1.82) is 5.26 Å². The third-order valence-electron chi connectivity index (χ3n) is 4.21. The minimum atomic E-state index is -0.763. The topological polar surface area (TPSA) is 36.3 Å². The van der Waals surface area contributed by atoms with Gasteiger partial charge in [-0.25, -0.2) is 0 Å². The van der Waals surface area contributed by atoms with E-state index >= 15 is 0 Å². The first-order valence-electron chi connectivity index (χ1n) is 7.89. The number of benzene rings is 2. The van der Waals surface area contributed by atoms with Crippen LogP contribution in [0.25, 0.3) is 6.08 Å². The number of morpholine rings is 1. The van der Waals surface area contributed by atoms with Crippen LogP contribution in [0.15, 0.2) is 66.7 Å². The zero-order chi connectivity index (χ0) is 16.0. The van der Waals surface area contributed by atoms with Gasteiger partial charge in [-0.1, -0.05) is 66.7 Å². The van der Waals surface area contributed by atoms with Crippen LogP contribution in [0.3, 0.4) is 0 Å². The molecule has 0 bridgehead atoms. The third kappa shape index (κ3) is 3.34. The molecule has 1 aliphatic rings. The van der Waals surface area contributed by atoms with Crippen molar-refractivity contribution in [3.05, 3.63) is 77.9 Å². The van der Waals surface area contributed by atoms with Crippen LogP contribution in [-0.2, 0) is 10.3 Å². The van der Waals surface area contributed by atoms with Crippen LogP contribution in [-0.4, -0.2) is 31.2 Å². The Labute approximate surface area is 137 Å². The van der Waals surface area contributed by atoms with Crippen LogP contribution in [0, 0.1) is 11.3 Å². The largest absolute Gasteiger partial charge is 0.379 e. The van der Waals surface area contributed by atoms with Crippen LogP contribution in [0.5, 0.6) is 0 Å². The van der Waals surface area contributed by atoms with Crippen molar-refractivity contribution in [3.63, 3.8) is 0 Å². The van der Waals surface area contributed by atoms with E-state index in [1.807, 2.05) is 72.8 Å². The zero-order valence-electron chi connectivity index (χ0n) is 13.1. The van der Waals surface area contributed by atoms with Crippen molar-refractivity contribution >= 4 is 6.08 Å². The van der Waals surface area contributed by atoms with Crippen LogP contribution in [0.1, 0.15) is 11.1 Å². The lowest BCUT2D eigenvalue weighted by Gasteiger charge is -2.39. The van der Waals surface area contributed by atoms with Gasteiger partial charge in [-0.2, -0.15) is 5.26 Å². The summed E-state index contributed by atoms with van der Waals surface area (Å²) >= 11 is 0. The molecule has 2 aromatic rings. The lowest BCUT2D eigenvalue weighted by Crippen LogP contribution is -2.49.